The molecular formula is C15H17BrO3. The molecule has 2 aliphatic heterocycles. The molecule has 4 heteroatoms. The first kappa shape index (κ1) is 13.1. The number of ketones is 1. The number of ether oxygens (including phenoxy) is 2. The van der Waals surface area contributed by atoms with Crippen LogP contribution in [0.4, 0.5) is 0 Å². The van der Waals surface area contributed by atoms with E-state index < -0.39 is 5.41 Å². The smallest absolute Gasteiger partial charge is 0.181 e. The number of benzene rings is 1. The summed E-state index contributed by atoms with van der Waals surface area (Å²) in [7, 11) is 0. The minimum Gasteiger partial charge on any atom is -0.488 e. The van der Waals surface area contributed by atoms with E-state index in [0.717, 1.165) is 10.9 Å². The van der Waals surface area contributed by atoms with Gasteiger partial charge in [-0.05, 0) is 30.5 Å². The maximum absolute atomic E-state index is 12.8. The molecule has 3 nitrogen and oxygen atoms in total. The molecule has 0 bridgehead atoms. The first-order chi connectivity index (χ1) is 9.03. The SMILES string of the molecule is CC(C)CC1Oc2ccc(Br)cc2C(=O)C12COC2. The second-order valence-corrected chi connectivity index (χ2v) is 6.77. The normalized spacial score (nSPS) is 24.0. The molecule has 0 saturated carbocycles. The summed E-state index contributed by atoms with van der Waals surface area (Å²) in [5.74, 6) is 1.37. The molecule has 1 aromatic carbocycles. The van der Waals surface area contributed by atoms with Crippen molar-refractivity contribution in [1.29, 1.82) is 0 Å². The fraction of sp³-hybridized carbons (Fsp3) is 0.533. The quantitative estimate of drug-likeness (QED) is 0.835. The molecule has 19 heavy (non-hydrogen) atoms. The maximum atomic E-state index is 12.8. The van der Waals surface area contributed by atoms with Gasteiger partial charge in [-0.15, -0.1) is 0 Å². The van der Waals surface area contributed by atoms with Gasteiger partial charge in [-0.25, -0.2) is 0 Å². The fourth-order valence-electron chi connectivity index (χ4n) is 2.80. The average molecular weight is 325 g/mol. The third-order valence-corrected chi connectivity index (χ3v) is 4.42. The van der Waals surface area contributed by atoms with Crippen LogP contribution in [-0.2, 0) is 4.74 Å². The van der Waals surface area contributed by atoms with Crippen molar-refractivity contribution in [3.63, 3.8) is 0 Å². The van der Waals surface area contributed by atoms with Gasteiger partial charge >= 0.3 is 0 Å². The van der Waals surface area contributed by atoms with E-state index in [-0.39, 0.29) is 11.9 Å². The molecule has 0 N–H and O–H groups in total. The molecule has 0 amide bonds. The Kier molecular flexibility index (Phi) is 3.18. The number of carbonyl (C=O) groups is 1. The van der Waals surface area contributed by atoms with Gasteiger partial charge in [0.15, 0.2) is 5.78 Å². The number of hydrogen-bond acceptors (Lipinski definition) is 3. The van der Waals surface area contributed by atoms with Crippen LogP contribution in [0, 0.1) is 11.3 Å². The number of fused-ring (bicyclic) bond motifs is 1. The summed E-state index contributed by atoms with van der Waals surface area (Å²) in [6.45, 7) is 5.26. The van der Waals surface area contributed by atoms with Crippen molar-refractivity contribution in [2.45, 2.75) is 26.4 Å². The molecule has 0 aromatic heterocycles. The molecule has 102 valence electrons. The lowest BCUT2D eigenvalue weighted by molar-refractivity contribution is -0.143. The van der Waals surface area contributed by atoms with Crippen LogP contribution in [0.2, 0.25) is 0 Å². The van der Waals surface area contributed by atoms with E-state index in [1.807, 2.05) is 18.2 Å². The average Bonchev–Trinajstić information content (AvgIpc) is 2.28. The zero-order chi connectivity index (χ0) is 13.6. The molecule has 1 atom stereocenters. The zero-order valence-corrected chi connectivity index (χ0v) is 12.7. The summed E-state index contributed by atoms with van der Waals surface area (Å²) < 4.78 is 12.3. The lowest BCUT2D eigenvalue weighted by Gasteiger charge is -2.48. The van der Waals surface area contributed by atoms with E-state index in [9.17, 15) is 4.79 Å². The van der Waals surface area contributed by atoms with E-state index in [1.165, 1.54) is 0 Å². The summed E-state index contributed by atoms with van der Waals surface area (Å²) in [4.78, 5) is 12.8. The van der Waals surface area contributed by atoms with Crippen LogP contribution in [0.15, 0.2) is 22.7 Å². The van der Waals surface area contributed by atoms with Crippen LogP contribution >= 0.6 is 15.9 Å². The Morgan fingerprint density at radius 2 is 2.16 bits per heavy atom. The number of Topliss-reactive ketones (excluding diaryl/α,β-unsaturated/α-hetero) is 1. The second-order valence-electron chi connectivity index (χ2n) is 5.85. The minimum atomic E-state index is -0.460. The van der Waals surface area contributed by atoms with E-state index >= 15 is 0 Å². The van der Waals surface area contributed by atoms with E-state index in [4.69, 9.17) is 9.47 Å². The minimum absolute atomic E-state index is 0.0672. The van der Waals surface area contributed by atoms with Gasteiger partial charge in [-0.1, -0.05) is 29.8 Å². The Bertz CT molecular complexity index is 520. The molecular weight excluding hydrogens is 308 g/mol. The van der Waals surface area contributed by atoms with E-state index in [0.29, 0.717) is 30.4 Å². The Morgan fingerprint density at radius 1 is 1.42 bits per heavy atom. The number of hydrogen-bond donors (Lipinski definition) is 0. The predicted molar refractivity (Wildman–Crippen MR) is 75.6 cm³/mol. The van der Waals surface area contributed by atoms with Gasteiger partial charge in [-0.3, -0.25) is 4.79 Å². The van der Waals surface area contributed by atoms with Crippen molar-refractivity contribution in [3.8, 4) is 5.75 Å². The fourth-order valence-corrected chi connectivity index (χ4v) is 3.16. The highest BCUT2D eigenvalue weighted by Gasteiger charge is 2.56. The topological polar surface area (TPSA) is 35.5 Å². The van der Waals surface area contributed by atoms with Gasteiger partial charge in [0.1, 0.15) is 17.3 Å². The summed E-state index contributed by atoms with van der Waals surface area (Å²) in [5.41, 5.74) is 0.218. The monoisotopic (exact) mass is 324 g/mol. The molecule has 1 unspecified atom stereocenters. The number of rotatable bonds is 2. The van der Waals surface area contributed by atoms with E-state index in [1.54, 1.807) is 0 Å². The first-order valence-electron chi connectivity index (χ1n) is 6.62. The first-order valence-corrected chi connectivity index (χ1v) is 7.41. The lowest BCUT2D eigenvalue weighted by Crippen LogP contribution is -2.61. The maximum Gasteiger partial charge on any atom is 0.181 e. The van der Waals surface area contributed by atoms with Crippen molar-refractivity contribution < 1.29 is 14.3 Å². The summed E-state index contributed by atoms with van der Waals surface area (Å²) in [6.07, 6.45) is 0.812. The summed E-state index contributed by atoms with van der Waals surface area (Å²) in [6, 6.07) is 5.63. The Morgan fingerprint density at radius 3 is 2.74 bits per heavy atom. The van der Waals surface area contributed by atoms with Crippen molar-refractivity contribution in [2.24, 2.45) is 11.3 Å². The summed E-state index contributed by atoms with van der Waals surface area (Å²) >= 11 is 3.41. The van der Waals surface area contributed by atoms with Gasteiger partial charge in [-0.2, -0.15) is 0 Å². The van der Waals surface area contributed by atoms with Crippen LogP contribution in [0.25, 0.3) is 0 Å². The number of carbonyl (C=O) groups excluding carboxylic acids is 1. The van der Waals surface area contributed by atoms with E-state index in [2.05, 4.69) is 29.8 Å². The molecule has 3 rings (SSSR count). The van der Waals surface area contributed by atoms with Crippen LogP contribution < -0.4 is 4.74 Å². The van der Waals surface area contributed by atoms with Crippen molar-refractivity contribution in [3.05, 3.63) is 28.2 Å². The standard InChI is InChI=1S/C15H17BrO3/c1-9(2)5-13-15(7-18-8-15)14(17)11-6-10(16)3-4-12(11)19-13/h3-4,6,9,13H,5,7-8H2,1-2H3. The van der Waals surface area contributed by atoms with Gasteiger partial charge in [0.25, 0.3) is 0 Å². The van der Waals surface area contributed by atoms with Crippen LogP contribution in [0.3, 0.4) is 0 Å². The highest BCUT2D eigenvalue weighted by Crippen LogP contribution is 2.46. The Hall–Kier alpha value is -0.870. The molecule has 1 saturated heterocycles. The van der Waals surface area contributed by atoms with Gasteiger partial charge in [0.05, 0.1) is 18.8 Å². The molecule has 2 aliphatic rings. The second kappa shape index (κ2) is 4.60. The third-order valence-electron chi connectivity index (χ3n) is 3.93. The highest BCUT2D eigenvalue weighted by molar-refractivity contribution is 9.10. The van der Waals surface area contributed by atoms with Crippen molar-refractivity contribution in [1.82, 2.24) is 0 Å². The van der Waals surface area contributed by atoms with Crippen molar-refractivity contribution in [2.75, 3.05) is 13.2 Å². The van der Waals surface area contributed by atoms with Crippen molar-refractivity contribution >= 4 is 21.7 Å². The molecule has 1 spiro atoms. The summed E-state index contributed by atoms with van der Waals surface area (Å²) in [5, 5.41) is 0. The van der Waals surface area contributed by atoms with Crippen LogP contribution in [0.5, 0.6) is 5.75 Å². The predicted octanol–water partition coefficient (Wildman–Crippen LogP) is 3.46. The molecule has 1 aromatic rings. The largest absolute Gasteiger partial charge is 0.488 e. The van der Waals surface area contributed by atoms with Crippen LogP contribution in [-0.4, -0.2) is 25.1 Å². The number of halogens is 1. The van der Waals surface area contributed by atoms with Gasteiger partial charge in [0, 0.05) is 4.47 Å². The van der Waals surface area contributed by atoms with Gasteiger partial charge < -0.3 is 9.47 Å². The molecule has 1 fully saturated rings. The third kappa shape index (κ3) is 2.01. The lowest BCUT2D eigenvalue weighted by atomic mass is 9.70. The van der Waals surface area contributed by atoms with Gasteiger partial charge in [0.2, 0.25) is 0 Å². The zero-order valence-electron chi connectivity index (χ0n) is 11.1. The Labute approximate surface area is 121 Å². The highest BCUT2D eigenvalue weighted by atomic mass is 79.9. The molecule has 0 radical (unpaired) electrons. The molecule has 2 heterocycles. The Balaban J connectivity index is 2.02. The molecule has 0 aliphatic carbocycles. The van der Waals surface area contributed by atoms with Crippen LogP contribution in [0.1, 0.15) is 30.6 Å².